The standard InChI is InChI=1S/C21H26N2O4/c1-14-5-6-15(2)18(11-14)23-20(25)19(24)22-13-21(3,26)12-16-7-9-17(27-4)10-8-16/h5-11,26H,12-13H2,1-4H3,(H,22,24)(H,23,25). The monoisotopic (exact) mass is 370 g/mol. The average Bonchev–Trinajstić information content (AvgIpc) is 2.63. The van der Waals surface area contributed by atoms with E-state index in [0.717, 1.165) is 22.4 Å². The van der Waals surface area contributed by atoms with Crippen LogP contribution in [0.1, 0.15) is 23.6 Å². The Labute approximate surface area is 159 Å². The van der Waals surface area contributed by atoms with Gasteiger partial charge in [0.2, 0.25) is 0 Å². The summed E-state index contributed by atoms with van der Waals surface area (Å²) in [5.41, 5.74) is 2.16. The van der Waals surface area contributed by atoms with Crippen molar-refractivity contribution < 1.29 is 19.4 Å². The maximum Gasteiger partial charge on any atom is 0.313 e. The number of hydrogen-bond acceptors (Lipinski definition) is 4. The summed E-state index contributed by atoms with van der Waals surface area (Å²) in [6.45, 7) is 5.33. The van der Waals surface area contributed by atoms with E-state index in [1.165, 1.54) is 0 Å². The SMILES string of the molecule is COc1ccc(CC(C)(O)CNC(=O)C(=O)Nc2cc(C)ccc2C)cc1. The van der Waals surface area contributed by atoms with Gasteiger partial charge >= 0.3 is 11.8 Å². The number of amides is 2. The van der Waals surface area contributed by atoms with Gasteiger partial charge in [-0.05, 0) is 55.7 Å². The van der Waals surface area contributed by atoms with Crippen molar-refractivity contribution in [2.75, 3.05) is 19.0 Å². The van der Waals surface area contributed by atoms with Crippen molar-refractivity contribution in [2.45, 2.75) is 32.8 Å². The number of aliphatic hydroxyl groups is 1. The maximum absolute atomic E-state index is 12.1. The largest absolute Gasteiger partial charge is 0.497 e. The van der Waals surface area contributed by atoms with Crippen LogP contribution in [0.15, 0.2) is 42.5 Å². The molecule has 0 fully saturated rings. The first-order valence-corrected chi connectivity index (χ1v) is 8.72. The predicted molar refractivity (Wildman–Crippen MR) is 105 cm³/mol. The minimum atomic E-state index is -1.19. The van der Waals surface area contributed by atoms with Crippen LogP contribution in [0, 0.1) is 13.8 Å². The average molecular weight is 370 g/mol. The highest BCUT2D eigenvalue weighted by Crippen LogP contribution is 2.17. The number of carbonyl (C=O) groups excluding carboxylic acids is 2. The normalized spacial score (nSPS) is 12.8. The lowest BCUT2D eigenvalue weighted by Gasteiger charge is -2.23. The highest BCUT2D eigenvalue weighted by atomic mass is 16.5. The van der Waals surface area contributed by atoms with Crippen LogP contribution in [-0.2, 0) is 16.0 Å². The molecule has 0 aromatic heterocycles. The molecule has 6 nitrogen and oxygen atoms in total. The molecule has 6 heteroatoms. The van der Waals surface area contributed by atoms with Crippen LogP contribution in [0.2, 0.25) is 0 Å². The van der Waals surface area contributed by atoms with Gasteiger partial charge in [-0.25, -0.2) is 0 Å². The van der Waals surface area contributed by atoms with Crippen LogP contribution >= 0.6 is 0 Å². The van der Waals surface area contributed by atoms with Gasteiger partial charge in [0, 0.05) is 18.7 Å². The third-order valence-corrected chi connectivity index (χ3v) is 4.22. The molecule has 0 heterocycles. The molecule has 27 heavy (non-hydrogen) atoms. The molecular weight excluding hydrogens is 344 g/mol. The van der Waals surface area contributed by atoms with Crippen LogP contribution in [0.25, 0.3) is 0 Å². The van der Waals surface area contributed by atoms with Crippen molar-refractivity contribution in [1.29, 1.82) is 0 Å². The van der Waals surface area contributed by atoms with Crippen LogP contribution in [0.5, 0.6) is 5.75 Å². The number of rotatable bonds is 6. The van der Waals surface area contributed by atoms with Gasteiger partial charge in [0.1, 0.15) is 5.75 Å². The van der Waals surface area contributed by atoms with Crippen molar-refractivity contribution in [1.82, 2.24) is 5.32 Å². The first kappa shape index (κ1) is 20.5. The Balaban J connectivity index is 1.90. The number of methoxy groups -OCH3 is 1. The first-order valence-electron chi connectivity index (χ1n) is 8.72. The van der Waals surface area contributed by atoms with Gasteiger partial charge in [-0.3, -0.25) is 9.59 Å². The van der Waals surface area contributed by atoms with E-state index in [1.54, 1.807) is 20.1 Å². The molecule has 3 N–H and O–H groups in total. The molecule has 1 atom stereocenters. The second-order valence-electron chi connectivity index (χ2n) is 6.98. The predicted octanol–water partition coefficient (Wildman–Crippen LogP) is 2.36. The fourth-order valence-corrected chi connectivity index (χ4v) is 2.65. The molecule has 0 saturated carbocycles. The molecule has 0 radical (unpaired) electrons. The molecule has 2 rings (SSSR count). The first-order chi connectivity index (χ1) is 12.7. The van der Waals surface area contributed by atoms with Crippen molar-refractivity contribution in [2.24, 2.45) is 0 Å². The van der Waals surface area contributed by atoms with Gasteiger partial charge < -0.3 is 20.5 Å². The highest BCUT2D eigenvalue weighted by molar-refractivity contribution is 6.39. The lowest BCUT2D eigenvalue weighted by Crippen LogP contribution is -2.45. The smallest absolute Gasteiger partial charge is 0.313 e. The summed E-state index contributed by atoms with van der Waals surface area (Å²) in [7, 11) is 1.59. The van der Waals surface area contributed by atoms with Crippen LogP contribution < -0.4 is 15.4 Å². The Morgan fingerprint density at radius 1 is 1.07 bits per heavy atom. The maximum atomic E-state index is 12.1. The zero-order chi connectivity index (χ0) is 20.0. The van der Waals surface area contributed by atoms with Crippen LogP contribution in [0.4, 0.5) is 5.69 Å². The Morgan fingerprint density at radius 3 is 2.37 bits per heavy atom. The van der Waals surface area contributed by atoms with Crippen molar-refractivity contribution in [3.8, 4) is 5.75 Å². The summed E-state index contributed by atoms with van der Waals surface area (Å²) in [5, 5.41) is 15.6. The van der Waals surface area contributed by atoms with Crippen molar-refractivity contribution in [3.63, 3.8) is 0 Å². The Morgan fingerprint density at radius 2 is 1.74 bits per heavy atom. The van der Waals surface area contributed by atoms with Gasteiger partial charge in [-0.2, -0.15) is 0 Å². The molecule has 2 aromatic rings. The number of ether oxygens (including phenoxy) is 1. The molecule has 0 aliphatic heterocycles. The van der Waals surface area contributed by atoms with Gasteiger partial charge in [0.05, 0.1) is 12.7 Å². The van der Waals surface area contributed by atoms with E-state index < -0.39 is 17.4 Å². The van der Waals surface area contributed by atoms with Crippen LogP contribution in [-0.4, -0.2) is 36.2 Å². The number of hydrogen-bond donors (Lipinski definition) is 3. The quantitative estimate of drug-likeness (QED) is 0.681. The highest BCUT2D eigenvalue weighted by Gasteiger charge is 2.24. The van der Waals surface area contributed by atoms with E-state index in [-0.39, 0.29) is 6.54 Å². The molecule has 1 unspecified atom stereocenters. The van der Waals surface area contributed by atoms with Crippen molar-refractivity contribution in [3.05, 3.63) is 59.2 Å². The topological polar surface area (TPSA) is 87.7 Å². The van der Waals surface area contributed by atoms with Crippen molar-refractivity contribution >= 4 is 17.5 Å². The second-order valence-corrected chi connectivity index (χ2v) is 6.98. The number of nitrogens with one attached hydrogen (secondary N) is 2. The molecule has 0 aliphatic rings. The molecule has 144 valence electrons. The van der Waals surface area contributed by atoms with E-state index in [4.69, 9.17) is 4.74 Å². The molecular formula is C21H26N2O4. The number of aryl methyl sites for hydroxylation is 2. The summed E-state index contributed by atoms with van der Waals surface area (Å²) >= 11 is 0. The number of benzene rings is 2. The molecule has 0 spiro atoms. The van der Waals surface area contributed by atoms with Crippen LogP contribution in [0.3, 0.4) is 0 Å². The third kappa shape index (κ3) is 6.11. The third-order valence-electron chi connectivity index (χ3n) is 4.22. The fourth-order valence-electron chi connectivity index (χ4n) is 2.65. The zero-order valence-electron chi connectivity index (χ0n) is 16.1. The van der Waals surface area contributed by atoms with Gasteiger partial charge in [-0.15, -0.1) is 0 Å². The summed E-state index contributed by atoms with van der Waals surface area (Å²) in [6.07, 6.45) is 0.329. The van der Waals surface area contributed by atoms with E-state index in [1.807, 2.05) is 50.2 Å². The zero-order valence-corrected chi connectivity index (χ0v) is 16.1. The molecule has 0 aliphatic carbocycles. The fraction of sp³-hybridized carbons (Fsp3) is 0.333. The summed E-state index contributed by atoms with van der Waals surface area (Å²) in [4.78, 5) is 24.2. The molecule has 2 aromatic carbocycles. The molecule has 0 bridgehead atoms. The van der Waals surface area contributed by atoms with Gasteiger partial charge in [0.15, 0.2) is 0 Å². The summed E-state index contributed by atoms with van der Waals surface area (Å²) < 4.78 is 5.11. The number of carbonyl (C=O) groups is 2. The molecule has 2 amide bonds. The Hall–Kier alpha value is -2.86. The number of anilines is 1. The lowest BCUT2D eigenvalue weighted by molar-refractivity contribution is -0.136. The minimum absolute atomic E-state index is 0.0436. The van der Waals surface area contributed by atoms with E-state index >= 15 is 0 Å². The second kappa shape index (κ2) is 8.68. The minimum Gasteiger partial charge on any atom is -0.497 e. The van der Waals surface area contributed by atoms with Gasteiger partial charge in [-0.1, -0.05) is 24.3 Å². The van der Waals surface area contributed by atoms with E-state index in [9.17, 15) is 14.7 Å². The lowest BCUT2D eigenvalue weighted by atomic mass is 9.96. The molecule has 0 saturated heterocycles. The summed E-state index contributed by atoms with van der Waals surface area (Å²) in [5.74, 6) is -0.815. The van der Waals surface area contributed by atoms with Gasteiger partial charge in [0.25, 0.3) is 0 Å². The Kier molecular flexibility index (Phi) is 6.58. The summed E-state index contributed by atoms with van der Waals surface area (Å²) in [6, 6.07) is 12.9. The van der Waals surface area contributed by atoms with E-state index in [0.29, 0.717) is 12.1 Å². The Bertz CT molecular complexity index is 813. The van der Waals surface area contributed by atoms with E-state index in [2.05, 4.69) is 10.6 Å².